The molecule has 0 aromatic rings. The monoisotopic (exact) mass is 596 g/mol. The molecule has 1 amide bonds. The number of allylic oxidation sites excluding steroid dienone is 2. The number of unbranched alkanes of at least 4 members (excludes halogenated alkanes) is 5. The van der Waals surface area contributed by atoms with Gasteiger partial charge >= 0.3 is 0 Å². The van der Waals surface area contributed by atoms with Gasteiger partial charge in [-0.1, -0.05) is 44.8 Å². The SMILES string of the molecule is CCCCCCCC(=O)CC[C@@H]1[C@@H](CC=CCCCC(=O)NCCN2CCN(CCCO[N+](=O)[O-])CC2)[C@@H](O)C[C@H]1O. The van der Waals surface area contributed by atoms with Gasteiger partial charge in [0.1, 0.15) is 5.78 Å². The van der Waals surface area contributed by atoms with Crippen molar-refractivity contribution in [3.8, 4) is 0 Å². The zero-order chi connectivity index (χ0) is 30.6. The molecular weight excluding hydrogens is 540 g/mol. The molecule has 0 bridgehead atoms. The molecule has 42 heavy (non-hydrogen) atoms. The molecule has 2 aliphatic rings. The van der Waals surface area contributed by atoms with Gasteiger partial charge in [-0.05, 0) is 56.8 Å². The lowest BCUT2D eigenvalue weighted by molar-refractivity contribution is -0.757. The van der Waals surface area contributed by atoms with Gasteiger partial charge < -0.3 is 25.3 Å². The number of Topliss-reactive ketones (excluding diaryl/α,β-unsaturated/α-hetero) is 1. The first kappa shape index (κ1) is 36.1. The van der Waals surface area contributed by atoms with Crippen molar-refractivity contribution in [2.24, 2.45) is 11.8 Å². The molecule has 2 rings (SSSR count). The Bertz CT molecular complexity index is 804. The van der Waals surface area contributed by atoms with E-state index in [4.69, 9.17) is 0 Å². The fourth-order valence-corrected chi connectivity index (χ4v) is 6.14. The van der Waals surface area contributed by atoms with E-state index in [0.29, 0.717) is 51.5 Å². The Hall–Kier alpha value is -2.08. The minimum absolute atomic E-state index is 0.0265. The van der Waals surface area contributed by atoms with E-state index in [-0.39, 0.29) is 30.1 Å². The highest BCUT2D eigenvalue weighted by Crippen LogP contribution is 2.38. The maximum atomic E-state index is 12.3. The number of hydrogen-bond donors (Lipinski definition) is 3. The molecule has 2 fully saturated rings. The van der Waals surface area contributed by atoms with Crippen molar-refractivity contribution in [1.29, 1.82) is 0 Å². The van der Waals surface area contributed by atoms with E-state index in [0.717, 1.165) is 65.0 Å². The summed E-state index contributed by atoms with van der Waals surface area (Å²) in [7, 11) is 0. The molecular formula is C31H56N4O7. The molecule has 1 saturated heterocycles. The van der Waals surface area contributed by atoms with Gasteiger partial charge in [0.05, 0.1) is 18.8 Å². The third-order valence-corrected chi connectivity index (χ3v) is 8.72. The van der Waals surface area contributed by atoms with Crippen LogP contribution in [0.15, 0.2) is 12.2 Å². The normalized spacial score (nSPS) is 23.4. The maximum Gasteiger partial charge on any atom is 0.294 e. The molecule has 11 heteroatoms. The van der Waals surface area contributed by atoms with Crippen LogP contribution in [0, 0.1) is 22.0 Å². The van der Waals surface area contributed by atoms with Crippen LogP contribution in [0.4, 0.5) is 0 Å². The number of piperazine rings is 1. The minimum atomic E-state index is -0.752. The number of carbonyl (C=O) groups excluding carboxylic acids is 2. The second-order valence-electron chi connectivity index (χ2n) is 12.0. The first-order valence-electron chi connectivity index (χ1n) is 16.3. The lowest BCUT2D eigenvalue weighted by atomic mass is 9.86. The van der Waals surface area contributed by atoms with Gasteiger partial charge in [0.25, 0.3) is 5.09 Å². The number of hydrogen-bond acceptors (Lipinski definition) is 9. The topological polar surface area (TPSA) is 145 Å². The molecule has 0 unspecified atom stereocenters. The summed E-state index contributed by atoms with van der Waals surface area (Å²) in [6.45, 7) is 8.18. The molecule has 242 valence electrons. The van der Waals surface area contributed by atoms with Gasteiger partial charge in [-0.15, -0.1) is 10.1 Å². The van der Waals surface area contributed by atoms with E-state index in [1.54, 1.807) is 0 Å². The highest BCUT2D eigenvalue weighted by molar-refractivity contribution is 5.78. The molecule has 3 N–H and O–H groups in total. The standard InChI is InChI=1S/C31H56N4O7/c1-2-3-4-5-8-12-26(36)15-16-28-27(29(37)25-30(28)38)13-9-6-7-10-14-31(39)32-17-19-34-22-20-33(21-23-34)18-11-24-42-35(40)41/h6,9,27-30,37-38H,2-5,7-8,10-25H2,1H3,(H,32,39)/t27-,28-,29+,30-/m1/s1. The minimum Gasteiger partial charge on any atom is -0.393 e. The predicted octanol–water partition coefficient (Wildman–Crippen LogP) is 3.50. The van der Waals surface area contributed by atoms with Crippen LogP contribution < -0.4 is 5.32 Å². The molecule has 0 spiro atoms. The average Bonchev–Trinajstić information content (AvgIpc) is 3.23. The van der Waals surface area contributed by atoms with Crippen LogP contribution in [0.1, 0.15) is 96.8 Å². The Morgan fingerprint density at radius 1 is 0.905 bits per heavy atom. The first-order chi connectivity index (χ1) is 20.3. The van der Waals surface area contributed by atoms with Crippen molar-refractivity contribution in [3.63, 3.8) is 0 Å². The van der Waals surface area contributed by atoms with Crippen molar-refractivity contribution in [2.45, 2.75) is 109 Å². The number of nitrogens with one attached hydrogen (secondary N) is 1. The summed E-state index contributed by atoms with van der Waals surface area (Å²) < 4.78 is 0. The van der Waals surface area contributed by atoms with Crippen molar-refractivity contribution in [2.75, 3.05) is 52.4 Å². The Labute approximate surface area is 252 Å². The number of ketones is 1. The number of nitrogens with zero attached hydrogens (tertiary/aromatic N) is 3. The second-order valence-corrected chi connectivity index (χ2v) is 12.0. The Balaban J connectivity index is 1.52. The summed E-state index contributed by atoms with van der Waals surface area (Å²) in [4.78, 5) is 43.7. The fourth-order valence-electron chi connectivity index (χ4n) is 6.14. The molecule has 11 nitrogen and oxygen atoms in total. The van der Waals surface area contributed by atoms with Crippen LogP contribution in [0.3, 0.4) is 0 Å². The van der Waals surface area contributed by atoms with Crippen molar-refractivity contribution in [3.05, 3.63) is 22.3 Å². The first-order valence-corrected chi connectivity index (χ1v) is 16.3. The smallest absolute Gasteiger partial charge is 0.294 e. The van der Waals surface area contributed by atoms with Crippen LogP contribution in [0.5, 0.6) is 0 Å². The molecule has 0 aromatic carbocycles. The van der Waals surface area contributed by atoms with Gasteiger partial charge in [0, 0.05) is 65.1 Å². The van der Waals surface area contributed by atoms with Crippen LogP contribution in [0.2, 0.25) is 0 Å². The van der Waals surface area contributed by atoms with E-state index in [2.05, 4.69) is 39.0 Å². The molecule has 1 aliphatic carbocycles. The zero-order valence-corrected chi connectivity index (χ0v) is 25.8. The van der Waals surface area contributed by atoms with Crippen LogP contribution in [0.25, 0.3) is 0 Å². The van der Waals surface area contributed by atoms with E-state index in [9.17, 15) is 29.9 Å². The maximum absolute atomic E-state index is 12.3. The Morgan fingerprint density at radius 3 is 2.31 bits per heavy atom. The number of aliphatic hydroxyl groups is 2. The Kier molecular flexibility index (Phi) is 18.6. The lowest BCUT2D eigenvalue weighted by Gasteiger charge is -2.34. The Morgan fingerprint density at radius 2 is 1.60 bits per heavy atom. The van der Waals surface area contributed by atoms with Gasteiger partial charge in [0.15, 0.2) is 0 Å². The van der Waals surface area contributed by atoms with Gasteiger partial charge in [0.2, 0.25) is 5.91 Å². The third kappa shape index (κ3) is 15.4. The van der Waals surface area contributed by atoms with Crippen molar-refractivity contribution in [1.82, 2.24) is 15.1 Å². The van der Waals surface area contributed by atoms with Crippen LogP contribution in [-0.2, 0) is 14.4 Å². The van der Waals surface area contributed by atoms with Crippen molar-refractivity contribution < 1.29 is 29.7 Å². The number of rotatable bonds is 23. The van der Waals surface area contributed by atoms with Gasteiger partial charge in [-0.3, -0.25) is 14.5 Å². The molecule has 0 radical (unpaired) electrons. The highest BCUT2D eigenvalue weighted by Gasteiger charge is 2.40. The highest BCUT2D eigenvalue weighted by atomic mass is 16.9. The van der Waals surface area contributed by atoms with E-state index < -0.39 is 17.3 Å². The van der Waals surface area contributed by atoms with Gasteiger partial charge in [-0.25, -0.2) is 0 Å². The molecule has 1 saturated carbocycles. The summed E-state index contributed by atoms with van der Waals surface area (Å²) >= 11 is 0. The van der Waals surface area contributed by atoms with Crippen LogP contribution in [-0.4, -0.2) is 101 Å². The fraction of sp³-hybridized carbons (Fsp3) is 0.871. The predicted molar refractivity (Wildman–Crippen MR) is 162 cm³/mol. The van der Waals surface area contributed by atoms with E-state index in [1.165, 1.54) is 19.3 Å². The largest absolute Gasteiger partial charge is 0.393 e. The summed E-state index contributed by atoms with van der Waals surface area (Å²) in [6, 6.07) is 0. The number of amides is 1. The summed E-state index contributed by atoms with van der Waals surface area (Å²) in [5, 5.41) is 33.4. The molecule has 0 aromatic heterocycles. The second kappa shape index (κ2) is 21.6. The van der Waals surface area contributed by atoms with Crippen molar-refractivity contribution >= 4 is 11.7 Å². The molecule has 1 aliphatic heterocycles. The molecule has 4 atom stereocenters. The number of carbonyl (C=O) groups is 2. The summed E-state index contributed by atoms with van der Waals surface area (Å²) in [5.74, 6) is 0.252. The average molecular weight is 597 g/mol. The quantitative estimate of drug-likeness (QED) is 0.0698. The summed E-state index contributed by atoms with van der Waals surface area (Å²) in [5.41, 5.74) is 0. The zero-order valence-electron chi connectivity index (χ0n) is 25.8. The van der Waals surface area contributed by atoms with Crippen LogP contribution >= 0.6 is 0 Å². The third-order valence-electron chi connectivity index (χ3n) is 8.72. The van der Waals surface area contributed by atoms with Gasteiger partial charge in [-0.2, -0.15) is 0 Å². The van der Waals surface area contributed by atoms with E-state index >= 15 is 0 Å². The number of aliphatic hydroxyl groups excluding tert-OH is 2. The lowest BCUT2D eigenvalue weighted by Crippen LogP contribution is -2.48. The van der Waals surface area contributed by atoms with E-state index in [1.807, 2.05) is 0 Å². The summed E-state index contributed by atoms with van der Waals surface area (Å²) in [6.07, 6.45) is 14.1. The molecule has 1 heterocycles.